The van der Waals surface area contributed by atoms with E-state index in [2.05, 4.69) is 11.7 Å². The first-order valence-corrected chi connectivity index (χ1v) is 14.2. The molecule has 2 atom stereocenters. The van der Waals surface area contributed by atoms with E-state index in [1.807, 2.05) is 0 Å². The first-order chi connectivity index (χ1) is 18.4. The van der Waals surface area contributed by atoms with Crippen LogP contribution in [-0.4, -0.2) is 31.2 Å². The van der Waals surface area contributed by atoms with Gasteiger partial charge in [-0.3, -0.25) is 4.79 Å². The molecule has 1 heterocycles. The lowest BCUT2D eigenvalue weighted by atomic mass is 9.77. The summed E-state index contributed by atoms with van der Waals surface area (Å²) >= 11 is 0. The molecule has 0 spiro atoms. The number of carbonyl (C=O) groups excluding carboxylic acids is 1. The summed E-state index contributed by atoms with van der Waals surface area (Å²) in [6.07, 6.45) is -1.90. The molecule has 220 valence electrons. The monoisotopic (exact) mass is 564 g/mol. The van der Waals surface area contributed by atoms with Gasteiger partial charge in [-0.05, 0) is 100 Å². The minimum atomic E-state index is -5.43. The molecule has 1 aliphatic heterocycles. The number of hydrogen-bond donors (Lipinski definition) is 0. The number of ether oxygens (including phenoxy) is 3. The molecule has 10 heteroatoms. The zero-order chi connectivity index (χ0) is 28.2. The van der Waals surface area contributed by atoms with E-state index in [1.165, 1.54) is 31.4 Å². The third kappa shape index (κ3) is 8.12. The minimum Gasteiger partial charge on any atom is -0.426 e. The van der Waals surface area contributed by atoms with Crippen molar-refractivity contribution in [1.82, 2.24) is 0 Å². The molecule has 4 rings (SSSR count). The Kier molecular flexibility index (Phi) is 9.89. The van der Waals surface area contributed by atoms with E-state index in [0.29, 0.717) is 24.7 Å². The molecule has 1 aromatic rings. The summed E-state index contributed by atoms with van der Waals surface area (Å²) in [5.41, 5.74) is 0.280. The van der Waals surface area contributed by atoms with E-state index in [0.717, 1.165) is 31.9 Å². The van der Waals surface area contributed by atoms with Crippen molar-refractivity contribution in [2.45, 2.75) is 108 Å². The van der Waals surface area contributed by atoms with E-state index < -0.39 is 30.1 Å². The molecule has 2 unspecified atom stereocenters. The molecule has 3 fully saturated rings. The Labute approximate surface area is 225 Å². The van der Waals surface area contributed by atoms with Crippen LogP contribution in [0.25, 0.3) is 0 Å². The molecule has 0 aromatic heterocycles. The Balaban J connectivity index is 1.23. The topological polar surface area (TPSA) is 44.8 Å². The summed E-state index contributed by atoms with van der Waals surface area (Å²) in [5, 5.41) is 0. The molecule has 1 saturated heterocycles. The quantitative estimate of drug-likeness (QED) is 0.180. The van der Waals surface area contributed by atoms with Gasteiger partial charge >= 0.3 is 18.4 Å². The average Bonchev–Trinajstić information content (AvgIpc) is 2.88. The van der Waals surface area contributed by atoms with Gasteiger partial charge in [-0.2, -0.15) is 8.78 Å². The van der Waals surface area contributed by atoms with Crippen molar-refractivity contribution in [2.75, 3.05) is 6.61 Å². The molecule has 2 saturated carbocycles. The fraction of sp³-hybridized carbons (Fsp3) is 0.759. The van der Waals surface area contributed by atoms with Crippen LogP contribution in [0.3, 0.4) is 0 Å². The predicted molar refractivity (Wildman–Crippen MR) is 132 cm³/mol. The highest BCUT2D eigenvalue weighted by Gasteiger charge is 2.51. The molecule has 0 radical (unpaired) electrons. The third-order valence-electron chi connectivity index (χ3n) is 8.82. The fourth-order valence-electron chi connectivity index (χ4n) is 6.64. The van der Waals surface area contributed by atoms with Gasteiger partial charge in [0.15, 0.2) is 0 Å². The molecule has 2 aliphatic carbocycles. The maximum Gasteiger partial charge on any atom is 0.527 e. The van der Waals surface area contributed by atoms with Crippen molar-refractivity contribution in [2.24, 2.45) is 23.7 Å². The number of carbonyl (C=O) groups is 1. The van der Waals surface area contributed by atoms with Gasteiger partial charge in [0.1, 0.15) is 11.6 Å². The summed E-state index contributed by atoms with van der Waals surface area (Å²) in [4.78, 5) is 12.8. The lowest BCUT2D eigenvalue weighted by Crippen LogP contribution is -2.38. The Bertz CT molecular complexity index is 944. The standard InChI is InChI=1S/C29H38F6O4/c1-2-3-18-4-15-26(37-17-18)20-5-7-21(8-6-20)27(36)38-23-13-14-24(25(30)16-23)19-9-11-22(12-10-19)28(31,32)39-29(33,34)35/h13-14,16,18-22,26H,2-12,15,17H2,1H3. The van der Waals surface area contributed by atoms with Crippen LogP contribution < -0.4 is 4.74 Å². The van der Waals surface area contributed by atoms with Crippen LogP contribution in [0, 0.1) is 29.5 Å². The highest BCUT2D eigenvalue weighted by molar-refractivity contribution is 5.75. The van der Waals surface area contributed by atoms with Crippen LogP contribution >= 0.6 is 0 Å². The van der Waals surface area contributed by atoms with Crippen LogP contribution in [0.2, 0.25) is 0 Å². The molecule has 3 aliphatic rings. The largest absolute Gasteiger partial charge is 0.527 e. The summed E-state index contributed by atoms with van der Waals surface area (Å²) in [7, 11) is 0. The van der Waals surface area contributed by atoms with Gasteiger partial charge in [-0.25, -0.2) is 9.13 Å². The predicted octanol–water partition coefficient (Wildman–Crippen LogP) is 8.54. The maximum atomic E-state index is 14.9. The van der Waals surface area contributed by atoms with E-state index in [1.54, 1.807) is 0 Å². The Morgan fingerprint density at radius 1 is 0.949 bits per heavy atom. The van der Waals surface area contributed by atoms with Crippen LogP contribution in [0.4, 0.5) is 26.3 Å². The number of esters is 1. The molecule has 0 bridgehead atoms. The summed E-state index contributed by atoms with van der Waals surface area (Å²) in [6, 6.07) is 4.07. The van der Waals surface area contributed by atoms with E-state index in [-0.39, 0.29) is 55.0 Å². The highest BCUT2D eigenvalue weighted by atomic mass is 19.4. The fourth-order valence-corrected chi connectivity index (χ4v) is 6.64. The summed E-state index contributed by atoms with van der Waals surface area (Å²) < 4.78 is 94.0. The molecule has 1 aromatic carbocycles. The van der Waals surface area contributed by atoms with Gasteiger partial charge in [0.05, 0.1) is 17.9 Å². The lowest BCUT2D eigenvalue weighted by Gasteiger charge is -2.37. The smallest absolute Gasteiger partial charge is 0.426 e. The first kappa shape index (κ1) is 30.2. The Morgan fingerprint density at radius 3 is 2.21 bits per heavy atom. The van der Waals surface area contributed by atoms with Crippen molar-refractivity contribution in [1.29, 1.82) is 0 Å². The van der Waals surface area contributed by atoms with Crippen LogP contribution in [0.15, 0.2) is 18.2 Å². The van der Waals surface area contributed by atoms with Crippen molar-refractivity contribution in [3.05, 3.63) is 29.6 Å². The van der Waals surface area contributed by atoms with E-state index >= 15 is 0 Å². The maximum absolute atomic E-state index is 14.9. The number of halogens is 6. The Hall–Kier alpha value is -1.81. The Morgan fingerprint density at radius 2 is 1.64 bits per heavy atom. The molecular formula is C29H38F6O4. The lowest BCUT2D eigenvalue weighted by molar-refractivity contribution is -0.438. The van der Waals surface area contributed by atoms with Gasteiger partial charge in [0, 0.05) is 12.7 Å². The molecular weight excluding hydrogens is 526 g/mol. The van der Waals surface area contributed by atoms with E-state index in [4.69, 9.17) is 9.47 Å². The average molecular weight is 565 g/mol. The first-order valence-electron chi connectivity index (χ1n) is 14.2. The van der Waals surface area contributed by atoms with Crippen molar-refractivity contribution in [3.63, 3.8) is 0 Å². The van der Waals surface area contributed by atoms with Crippen LogP contribution in [0.1, 0.15) is 95.5 Å². The van der Waals surface area contributed by atoms with Crippen molar-refractivity contribution < 1.29 is 45.3 Å². The second kappa shape index (κ2) is 12.8. The number of benzene rings is 1. The van der Waals surface area contributed by atoms with Gasteiger partial charge in [-0.15, -0.1) is 13.2 Å². The van der Waals surface area contributed by atoms with Crippen molar-refractivity contribution >= 4 is 5.97 Å². The number of alkyl halides is 5. The van der Waals surface area contributed by atoms with Crippen LogP contribution in [0.5, 0.6) is 5.75 Å². The molecule has 0 amide bonds. The second-order valence-electron chi connectivity index (χ2n) is 11.5. The molecule has 4 nitrogen and oxygen atoms in total. The summed E-state index contributed by atoms with van der Waals surface area (Å²) in [5.74, 6) is -2.08. The van der Waals surface area contributed by atoms with Crippen LogP contribution in [-0.2, 0) is 14.3 Å². The van der Waals surface area contributed by atoms with Gasteiger partial charge in [0.25, 0.3) is 0 Å². The van der Waals surface area contributed by atoms with Gasteiger partial charge < -0.3 is 9.47 Å². The van der Waals surface area contributed by atoms with Gasteiger partial charge in [-0.1, -0.05) is 19.4 Å². The summed E-state index contributed by atoms with van der Waals surface area (Å²) in [6.45, 7) is 3.01. The molecule has 39 heavy (non-hydrogen) atoms. The second-order valence-corrected chi connectivity index (χ2v) is 11.5. The normalized spacial score (nSPS) is 30.6. The minimum absolute atomic E-state index is 0.0831. The highest BCUT2D eigenvalue weighted by Crippen LogP contribution is 2.45. The number of hydrogen-bond acceptors (Lipinski definition) is 4. The third-order valence-corrected chi connectivity index (χ3v) is 8.82. The SMILES string of the molecule is CCCC1CCC(C2CCC(C(=O)Oc3ccc(C4CCC(C(F)(F)OC(F)(F)F)CC4)c(F)c3)CC2)OC1. The van der Waals surface area contributed by atoms with Crippen molar-refractivity contribution in [3.8, 4) is 5.75 Å². The zero-order valence-corrected chi connectivity index (χ0v) is 22.3. The van der Waals surface area contributed by atoms with Gasteiger partial charge in [0.2, 0.25) is 0 Å². The molecule has 0 N–H and O–H groups in total. The zero-order valence-electron chi connectivity index (χ0n) is 22.3. The van der Waals surface area contributed by atoms with E-state index in [9.17, 15) is 31.1 Å². The number of rotatable bonds is 8.